The molecule has 2 rings (SSSR count). The van der Waals surface area contributed by atoms with Crippen molar-refractivity contribution in [1.82, 2.24) is 9.97 Å². The van der Waals surface area contributed by atoms with Crippen LogP contribution in [0.5, 0.6) is 0 Å². The Balaban J connectivity index is 1.93. The van der Waals surface area contributed by atoms with E-state index in [0.717, 1.165) is 20.9 Å². The molecule has 3 nitrogen and oxygen atoms in total. The van der Waals surface area contributed by atoms with Crippen LogP contribution in [0, 0.1) is 6.92 Å². The molecule has 0 aromatic carbocycles. The van der Waals surface area contributed by atoms with E-state index in [4.69, 9.17) is 0 Å². The third-order valence-electron chi connectivity index (χ3n) is 2.34. The molecule has 90 valence electrons. The molecule has 0 aliphatic rings. The van der Waals surface area contributed by atoms with Gasteiger partial charge in [-0.1, -0.05) is 0 Å². The Morgan fingerprint density at radius 2 is 2.12 bits per heavy atom. The molecule has 1 unspecified atom stereocenters. The van der Waals surface area contributed by atoms with Crippen LogP contribution in [0.4, 0.5) is 0 Å². The first-order valence-corrected chi connectivity index (χ1v) is 7.00. The van der Waals surface area contributed by atoms with E-state index in [9.17, 15) is 5.11 Å². The van der Waals surface area contributed by atoms with Crippen LogP contribution in [0.25, 0.3) is 0 Å². The Morgan fingerprint density at radius 3 is 2.71 bits per heavy atom. The number of aromatic nitrogens is 2. The van der Waals surface area contributed by atoms with Gasteiger partial charge in [0, 0.05) is 34.6 Å². The maximum absolute atomic E-state index is 9.95. The molecular formula is C12H13BrN2OS. The van der Waals surface area contributed by atoms with E-state index in [-0.39, 0.29) is 0 Å². The summed E-state index contributed by atoms with van der Waals surface area (Å²) in [7, 11) is 0. The highest BCUT2D eigenvalue weighted by atomic mass is 79.9. The van der Waals surface area contributed by atoms with Crippen LogP contribution in [-0.4, -0.2) is 21.2 Å². The zero-order chi connectivity index (χ0) is 12.3. The van der Waals surface area contributed by atoms with Crippen LogP contribution in [-0.2, 0) is 12.8 Å². The van der Waals surface area contributed by atoms with Gasteiger partial charge in [-0.05, 0) is 35.0 Å². The molecule has 0 aliphatic carbocycles. The van der Waals surface area contributed by atoms with Gasteiger partial charge in [0.2, 0.25) is 0 Å². The summed E-state index contributed by atoms with van der Waals surface area (Å²) in [5, 5.41) is 13.0. The van der Waals surface area contributed by atoms with Crippen molar-refractivity contribution in [3.8, 4) is 0 Å². The molecule has 1 atom stereocenters. The van der Waals surface area contributed by atoms with E-state index in [1.54, 1.807) is 17.5 Å². The van der Waals surface area contributed by atoms with Crippen LogP contribution < -0.4 is 0 Å². The van der Waals surface area contributed by atoms with E-state index in [0.29, 0.717) is 12.8 Å². The second-order valence-electron chi connectivity index (χ2n) is 3.89. The number of hydrogen-bond acceptors (Lipinski definition) is 4. The molecule has 0 bridgehead atoms. The van der Waals surface area contributed by atoms with Gasteiger partial charge >= 0.3 is 0 Å². The van der Waals surface area contributed by atoms with Gasteiger partial charge in [-0.3, -0.25) is 4.98 Å². The van der Waals surface area contributed by atoms with Crippen molar-refractivity contribution in [2.75, 3.05) is 0 Å². The summed E-state index contributed by atoms with van der Waals surface area (Å²) >= 11 is 4.95. The molecule has 17 heavy (non-hydrogen) atoms. The summed E-state index contributed by atoms with van der Waals surface area (Å²) in [4.78, 5) is 8.58. The van der Waals surface area contributed by atoms with Gasteiger partial charge in [-0.25, -0.2) is 4.98 Å². The lowest BCUT2D eigenvalue weighted by Gasteiger charge is -2.08. The predicted octanol–water partition coefficient (Wildman–Crippen LogP) is 2.76. The molecule has 0 aliphatic heterocycles. The fourth-order valence-corrected chi connectivity index (χ4v) is 2.44. The Kier molecular flexibility index (Phi) is 4.25. The van der Waals surface area contributed by atoms with Crippen LogP contribution in [0.2, 0.25) is 0 Å². The van der Waals surface area contributed by atoms with Gasteiger partial charge in [0.05, 0.1) is 16.8 Å². The van der Waals surface area contributed by atoms with E-state index in [1.165, 1.54) is 0 Å². The first kappa shape index (κ1) is 12.7. The molecule has 0 fully saturated rings. The van der Waals surface area contributed by atoms with Crippen molar-refractivity contribution in [2.45, 2.75) is 25.9 Å². The molecule has 5 heteroatoms. The highest BCUT2D eigenvalue weighted by molar-refractivity contribution is 9.10. The molecule has 0 spiro atoms. The second kappa shape index (κ2) is 5.71. The minimum atomic E-state index is -0.426. The van der Waals surface area contributed by atoms with E-state index in [2.05, 4.69) is 25.9 Å². The smallest absolute Gasteiger partial charge is 0.0897 e. The van der Waals surface area contributed by atoms with Crippen LogP contribution in [0.15, 0.2) is 28.2 Å². The van der Waals surface area contributed by atoms with Gasteiger partial charge in [0.25, 0.3) is 0 Å². The van der Waals surface area contributed by atoms with Crippen LogP contribution in [0.1, 0.15) is 16.4 Å². The molecule has 0 radical (unpaired) electrons. The van der Waals surface area contributed by atoms with Gasteiger partial charge in [0.1, 0.15) is 0 Å². The number of aliphatic hydroxyl groups excluding tert-OH is 1. The summed E-state index contributed by atoms with van der Waals surface area (Å²) in [6.45, 7) is 1.97. The Bertz CT molecular complexity index is 484. The van der Waals surface area contributed by atoms with Gasteiger partial charge < -0.3 is 5.11 Å². The highest BCUT2D eigenvalue weighted by Gasteiger charge is 2.09. The van der Waals surface area contributed by atoms with Crippen molar-refractivity contribution >= 4 is 27.3 Å². The van der Waals surface area contributed by atoms with Gasteiger partial charge in [-0.15, -0.1) is 11.3 Å². The normalized spacial score (nSPS) is 12.6. The fourth-order valence-electron chi connectivity index (χ4n) is 1.58. The van der Waals surface area contributed by atoms with E-state index < -0.39 is 6.10 Å². The monoisotopic (exact) mass is 312 g/mol. The number of aliphatic hydroxyl groups is 1. The molecule has 1 N–H and O–H groups in total. The molecule has 2 aromatic heterocycles. The maximum Gasteiger partial charge on any atom is 0.0897 e. The van der Waals surface area contributed by atoms with E-state index in [1.807, 2.05) is 24.4 Å². The quantitative estimate of drug-likeness (QED) is 0.944. The highest BCUT2D eigenvalue weighted by Crippen LogP contribution is 2.13. The van der Waals surface area contributed by atoms with Gasteiger partial charge in [0.15, 0.2) is 0 Å². The van der Waals surface area contributed by atoms with E-state index >= 15 is 0 Å². The number of aryl methyl sites for hydroxylation is 1. The number of thiazole rings is 1. The molecular weight excluding hydrogens is 300 g/mol. The topological polar surface area (TPSA) is 46.0 Å². The second-order valence-corrected chi connectivity index (χ2v) is 5.87. The van der Waals surface area contributed by atoms with Crippen LogP contribution >= 0.6 is 27.3 Å². The third kappa shape index (κ3) is 3.87. The lowest BCUT2D eigenvalue weighted by atomic mass is 10.1. The average Bonchev–Trinajstić information content (AvgIpc) is 2.67. The number of halogens is 1. The molecule has 2 heterocycles. The summed E-state index contributed by atoms with van der Waals surface area (Å²) in [6, 6.07) is 3.85. The number of rotatable bonds is 4. The lowest BCUT2D eigenvalue weighted by molar-refractivity contribution is 0.173. The zero-order valence-electron chi connectivity index (χ0n) is 9.43. The summed E-state index contributed by atoms with van der Waals surface area (Å²) in [5.41, 5.74) is 1.85. The standard InChI is InChI=1S/C12H13BrN2OS/c1-8-15-11(7-17-8)5-12(16)4-10-3-2-9(13)6-14-10/h2-3,6-7,12,16H,4-5H2,1H3. The van der Waals surface area contributed by atoms with Crippen molar-refractivity contribution in [3.63, 3.8) is 0 Å². The van der Waals surface area contributed by atoms with Crippen molar-refractivity contribution in [2.24, 2.45) is 0 Å². The minimum absolute atomic E-state index is 0.426. The summed E-state index contributed by atoms with van der Waals surface area (Å²) in [5.74, 6) is 0. The Morgan fingerprint density at radius 1 is 1.35 bits per heavy atom. The third-order valence-corrected chi connectivity index (χ3v) is 3.64. The average molecular weight is 313 g/mol. The first-order chi connectivity index (χ1) is 8.13. The Labute approximate surface area is 113 Å². The first-order valence-electron chi connectivity index (χ1n) is 5.33. The maximum atomic E-state index is 9.95. The number of nitrogens with zero attached hydrogens (tertiary/aromatic N) is 2. The van der Waals surface area contributed by atoms with Crippen LogP contribution in [0.3, 0.4) is 0 Å². The lowest BCUT2D eigenvalue weighted by Crippen LogP contribution is -2.14. The van der Waals surface area contributed by atoms with Crippen molar-refractivity contribution < 1.29 is 5.11 Å². The molecule has 0 saturated heterocycles. The van der Waals surface area contributed by atoms with Crippen molar-refractivity contribution in [3.05, 3.63) is 44.6 Å². The molecule has 0 amide bonds. The minimum Gasteiger partial charge on any atom is -0.392 e. The SMILES string of the molecule is Cc1nc(CC(O)Cc2ccc(Br)cn2)cs1. The summed E-state index contributed by atoms with van der Waals surface area (Å²) in [6.07, 6.45) is 2.46. The van der Waals surface area contributed by atoms with Gasteiger partial charge in [-0.2, -0.15) is 0 Å². The predicted molar refractivity (Wildman–Crippen MR) is 72.2 cm³/mol. The fraction of sp³-hybridized carbons (Fsp3) is 0.333. The zero-order valence-corrected chi connectivity index (χ0v) is 11.8. The molecule has 0 saturated carbocycles. The summed E-state index contributed by atoms with van der Waals surface area (Å²) < 4.78 is 0.950. The number of pyridine rings is 1. The largest absolute Gasteiger partial charge is 0.392 e. The molecule has 2 aromatic rings. The Hall–Kier alpha value is -0.780. The van der Waals surface area contributed by atoms with Crippen molar-refractivity contribution in [1.29, 1.82) is 0 Å². The number of hydrogen-bond donors (Lipinski definition) is 1.